The minimum absolute atomic E-state index is 0.0672. The number of amides is 1. The molecule has 2 aliphatic carbocycles. The molecule has 0 aromatic rings. The molecule has 0 heterocycles. The molecule has 22 heavy (non-hydrogen) atoms. The van der Waals surface area contributed by atoms with E-state index < -0.39 is 0 Å². The van der Waals surface area contributed by atoms with Gasteiger partial charge in [0.2, 0.25) is 5.91 Å². The van der Waals surface area contributed by atoms with Gasteiger partial charge in [-0.1, -0.05) is 32.1 Å². The molecule has 4 nitrogen and oxygen atoms in total. The zero-order valence-electron chi connectivity index (χ0n) is 14.3. The SMILES string of the molecule is COCCC1(CNC(=O)CC2(CN)CCCCC2)CCCC1. The molecular weight excluding hydrogens is 276 g/mol. The molecule has 2 saturated carbocycles. The van der Waals surface area contributed by atoms with Crippen LogP contribution in [-0.4, -0.2) is 32.7 Å². The van der Waals surface area contributed by atoms with Crippen molar-refractivity contribution in [1.82, 2.24) is 5.32 Å². The Kier molecular flexibility index (Phi) is 6.69. The third kappa shape index (κ3) is 4.69. The second-order valence-electron chi connectivity index (χ2n) is 7.67. The minimum atomic E-state index is 0.0672. The molecule has 0 aromatic carbocycles. The minimum Gasteiger partial charge on any atom is -0.385 e. The van der Waals surface area contributed by atoms with Crippen LogP contribution in [-0.2, 0) is 9.53 Å². The van der Waals surface area contributed by atoms with Gasteiger partial charge in [-0.05, 0) is 49.5 Å². The van der Waals surface area contributed by atoms with Crippen LogP contribution in [0.25, 0.3) is 0 Å². The molecule has 0 spiro atoms. The second kappa shape index (κ2) is 8.30. The maximum atomic E-state index is 12.5. The molecule has 0 unspecified atom stereocenters. The first-order valence-corrected chi connectivity index (χ1v) is 9.09. The number of ether oxygens (including phenoxy) is 1. The van der Waals surface area contributed by atoms with Crippen molar-refractivity contribution in [1.29, 1.82) is 0 Å². The quantitative estimate of drug-likeness (QED) is 0.724. The van der Waals surface area contributed by atoms with Gasteiger partial charge in [-0.25, -0.2) is 0 Å². The fourth-order valence-electron chi connectivity index (χ4n) is 4.40. The lowest BCUT2D eigenvalue weighted by Gasteiger charge is -2.36. The van der Waals surface area contributed by atoms with E-state index in [2.05, 4.69) is 5.32 Å². The molecule has 0 bridgehead atoms. The maximum Gasteiger partial charge on any atom is 0.220 e. The van der Waals surface area contributed by atoms with Crippen LogP contribution in [0.2, 0.25) is 0 Å². The number of carbonyl (C=O) groups is 1. The predicted octanol–water partition coefficient (Wildman–Crippen LogP) is 3.00. The summed E-state index contributed by atoms with van der Waals surface area (Å²) in [5, 5.41) is 3.23. The summed E-state index contributed by atoms with van der Waals surface area (Å²) in [6.45, 7) is 2.26. The zero-order chi connectivity index (χ0) is 15.9. The third-order valence-electron chi connectivity index (χ3n) is 6.04. The number of carbonyl (C=O) groups excluding carboxylic acids is 1. The molecule has 0 radical (unpaired) electrons. The Balaban J connectivity index is 1.82. The van der Waals surface area contributed by atoms with E-state index >= 15 is 0 Å². The van der Waals surface area contributed by atoms with E-state index in [0.29, 0.717) is 13.0 Å². The number of methoxy groups -OCH3 is 1. The van der Waals surface area contributed by atoms with E-state index in [1.165, 1.54) is 44.9 Å². The van der Waals surface area contributed by atoms with Gasteiger partial charge in [-0.2, -0.15) is 0 Å². The van der Waals surface area contributed by atoms with E-state index in [9.17, 15) is 4.79 Å². The number of hydrogen-bond acceptors (Lipinski definition) is 3. The first kappa shape index (κ1) is 17.7. The third-order valence-corrected chi connectivity index (χ3v) is 6.04. The second-order valence-corrected chi connectivity index (χ2v) is 7.67. The van der Waals surface area contributed by atoms with Gasteiger partial charge in [0, 0.05) is 26.7 Å². The van der Waals surface area contributed by atoms with Gasteiger partial charge in [-0.15, -0.1) is 0 Å². The van der Waals surface area contributed by atoms with E-state index in [-0.39, 0.29) is 16.7 Å². The van der Waals surface area contributed by atoms with Gasteiger partial charge in [0.25, 0.3) is 0 Å². The molecule has 128 valence electrons. The number of nitrogens with two attached hydrogens (primary N) is 1. The molecule has 2 aliphatic rings. The first-order valence-electron chi connectivity index (χ1n) is 9.09. The molecule has 0 aliphatic heterocycles. The Morgan fingerprint density at radius 1 is 1.05 bits per heavy atom. The molecule has 3 N–H and O–H groups in total. The van der Waals surface area contributed by atoms with Crippen LogP contribution in [0.3, 0.4) is 0 Å². The van der Waals surface area contributed by atoms with Crippen molar-refractivity contribution < 1.29 is 9.53 Å². The summed E-state index contributed by atoms with van der Waals surface area (Å²) in [6, 6.07) is 0. The number of nitrogens with one attached hydrogen (secondary N) is 1. The standard InChI is InChI=1S/C18H34N2O2/c1-22-12-11-17(7-5-6-8-17)15-20-16(21)13-18(14-19)9-3-2-4-10-18/h2-15,19H2,1H3,(H,20,21). The van der Waals surface area contributed by atoms with Crippen molar-refractivity contribution >= 4 is 5.91 Å². The monoisotopic (exact) mass is 310 g/mol. The summed E-state index contributed by atoms with van der Waals surface area (Å²) in [4.78, 5) is 12.5. The van der Waals surface area contributed by atoms with Gasteiger partial charge < -0.3 is 15.8 Å². The highest BCUT2D eigenvalue weighted by molar-refractivity contribution is 5.76. The molecule has 2 fully saturated rings. The summed E-state index contributed by atoms with van der Waals surface area (Å²) in [7, 11) is 1.76. The van der Waals surface area contributed by atoms with Crippen molar-refractivity contribution in [3.63, 3.8) is 0 Å². The summed E-state index contributed by atoms with van der Waals surface area (Å²) in [6.07, 6.45) is 12.7. The lowest BCUT2D eigenvalue weighted by Crippen LogP contribution is -2.42. The Hall–Kier alpha value is -0.610. The Morgan fingerprint density at radius 2 is 1.64 bits per heavy atom. The lowest BCUT2D eigenvalue weighted by atomic mass is 9.71. The molecule has 0 atom stereocenters. The van der Waals surface area contributed by atoms with Crippen LogP contribution in [0.1, 0.15) is 70.6 Å². The van der Waals surface area contributed by atoms with Crippen molar-refractivity contribution in [2.75, 3.05) is 26.8 Å². The van der Waals surface area contributed by atoms with Crippen molar-refractivity contribution in [2.24, 2.45) is 16.6 Å². The van der Waals surface area contributed by atoms with Gasteiger partial charge in [0.1, 0.15) is 0 Å². The smallest absolute Gasteiger partial charge is 0.220 e. The normalized spacial score (nSPS) is 23.4. The zero-order valence-corrected chi connectivity index (χ0v) is 14.3. The molecule has 0 aromatic heterocycles. The predicted molar refractivity (Wildman–Crippen MR) is 89.6 cm³/mol. The number of hydrogen-bond donors (Lipinski definition) is 2. The van der Waals surface area contributed by atoms with E-state index in [1.54, 1.807) is 7.11 Å². The highest BCUT2D eigenvalue weighted by Crippen LogP contribution is 2.41. The maximum absolute atomic E-state index is 12.5. The van der Waals surface area contributed by atoms with Crippen molar-refractivity contribution in [2.45, 2.75) is 70.6 Å². The highest BCUT2D eigenvalue weighted by atomic mass is 16.5. The molecule has 0 saturated heterocycles. The molecule has 4 heteroatoms. The lowest BCUT2D eigenvalue weighted by molar-refractivity contribution is -0.124. The highest BCUT2D eigenvalue weighted by Gasteiger charge is 2.36. The first-order chi connectivity index (χ1) is 10.6. The van der Waals surface area contributed by atoms with Gasteiger partial charge in [-0.3, -0.25) is 4.79 Å². The van der Waals surface area contributed by atoms with Crippen LogP contribution >= 0.6 is 0 Å². The Bertz CT molecular complexity index is 345. The van der Waals surface area contributed by atoms with E-state index in [1.807, 2.05) is 0 Å². The van der Waals surface area contributed by atoms with E-state index in [4.69, 9.17) is 10.5 Å². The Morgan fingerprint density at radius 3 is 2.23 bits per heavy atom. The number of rotatable bonds is 8. The fourth-order valence-corrected chi connectivity index (χ4v) is 4.40. The summed E-state index contributed by atoms with van der Waals surface area (Å²) in [5.41, 5.74) is 6.34. The van der Waals surface area contributed by atoms with Gasteiger partial charge in [0.15, 0.2) is 0 Å². The van der Waals surface area contributed by atoms with Gasteiger partial charge in [0.05, 0.1) is 0 Å². The summed E-state index contributed by atoms with van der Waals surface area (Å²) >= 11 is 0. The van der Waals surface area contributed by atoms with Crippen LogP contribution < -0.4 is 11.1 Å². The fraction of sp³-hybridized carbons (Fsp3) is 0.944. The van der Waals surface area contributed by atoms with Crippen LogP contribution in [0.4, 0.5) is 0 Å². The molecule has 1 amide bonds. The van der Waals surface area contributed by atoms with E-state index in [0.717, 1.165) is 32.4 Å². The average molecular weight is 310 g/mol. The van der Waals surface area contributed by atoms with Crippen LogP contribution in [0, 0.1) is 10.8 Å². The van der Waals surface area contributed by atoms with Crippen molar-refractivity contribution in [3.05, 3.63) is 0 Å². The van der Waals surface area contributed by atoms with Crippen molar-refractivity contribution in [3.8, 4) is 0 Å². The van der Waals surface area contributed by atoms with Crippen LogP contribution in [0.5, 0.6) is 0 Å². The van der Waals surface area contributed by atoms with Gasteiger partial charge >= 0.3 is 0 Å². The van der Waals surface area contributed by atoms with Crippen LogP contribution in [0.15, 0.2) is 0 Å². The average Bonchev–Trinajstić information content (AvgIpc) is 3.01. The largest absolute Gasteiger partial charge is 0.385 e. The summed E-state index contributed by atoms with van der Waals surface area (Å²) < 4.78 is 5.26. The molecular formula is C18H34N2O2. The summed E-state index contributed by atoms with van der Waals surface area (Å²) in [5.74, 6) is 0.205. The Labute approximate surface area is 135 Å². The topological polar surface area (TPSA) is 64.3 Å². The molecule has 2 rings (SSSR count).